The molecule has 0 unspecified atom stereocenters. The molecule has 0 atom stereocenters. The molecule has 1 saturated heterocycles. The Bertz CT molecular complexity index is 966. The zero-order valence-electron chi connectivity index (χ0n) is 16.1. The number of hydrogen-bond donors (Lipinski definition) is 2. The number of benzene rings is 2. The highest BCUT2D eigenvalue weighted by atomic mass is 32.2. The van der Waals surface area contributed by atoms with Gasteiger partial charge in [-0.25, -0.2) is 13.1 Å². The Morgan fingerprint density at radius 1 is 1.07 bits per heavy atom. The number of sulfonamides is 1. The fourth-order valence-corrected chi connectivity index (χ4v) is 4.57. The molecule has 1 amide bonds. The first kappa shape index (κ1) is 19.9. The van der Waals surface area contributed by atoms with Crippen LogP contribution in [0.15, 0.2) is 53.4 Å². The summed E-state index contributed by atoms with van der Waals surface area (Å²) in [6, 6.07) is 14.2. The van der Waals surface area contributed by atoms with Gasteiger partial charge in [0.1, 0.15) is 0 Å². The summed E-state index contributed by atoms with van der Waals surface area (Å²) in [7, 11) is -3.58. The van der Waals surface area contributed by atoms with Crippen LogP contribution in [-0.2, 0) is 21.3 Å². The van der Waals surface area contributed by atoms with Gasteiger partial charge >= 0.3 is 0 Å². The average Bonchev–Trinajstić information content (AvgIpc) is 3.56. The molecular weight excluding hydrogens is 390 g/mol. The lowest BCUT2D eigenvalue weighted by molar-refractivity contribution is 0.0950. The van der Waals surface area contributed by atoms with E-state index in [0.717, 1.165) is 50.4 Å². The van der Waals surface area contributed by atoms with Crippen molar-refractivity contribution in [2.45, 2.75) is 30.3 Å². The van der Waals surface area contributed by atoms with Crippen LogP contribution in [0, 0.1) is 0 Å². The summed E-state index contributed by atoms with van der Waals surface area (Å²) in [4.78, 5) is 14.9. The molecule has 1 saturated carbocycles. The number of carbonyl (C=O) groups excluding carboxylic acids is 1. The number of rotatable bonds is 7. The Labute approximate surface area is 171 Å². The van der Waals surface area contributed by atoms with Gasteiger partial charge in [-0.1, -0.05) is 18.2 Å². The van der Waals surface area contributed by atoms with Crippen LogP contribution in [0.4, 0.5) is 5.69 Å². The minimum atomic E-state index is -3.58. The molecular formula is C21H25N3O4S. The fraction of sp³-hybridized carbons (Fsp3) is 0.381. The van der Waals surface area contributed by atoms with Gasteiger partial charge in [0.25, 0.3) is 5.91 Å². The van der Waals surface area contributed by atoms with E-state index in [2.05, 4.69) is 14.9 Å². The van der Waals surface area contributed by atoms with E-state index in [1.54, 1.807) is 12.1 Å². The van der Waals surface area contributed by atoms with Crippen molar-refractivity contribution in [1.82, 2.24) is 10.0 Å². The fourth-order valence-electron chi connectivity index (χ4n) is 3.22. The number of anilines is 1. The molecule has 2 aromatic rings. The van der Waals surface area contributed by atoms with E-state index in [4.69, 9.17) is 4.74 Å². The predicted molar refractivity (Wildman–Crippen MR) is 110 cm³/mol. The molecule has 2 N–H and O–H groups in total. The Balaban J connectivity index is 1.36. The summed E-state index contributed by atoms with van der Waals surface area (Å²) < 4.78 is 32.7. The maximum Gasteiger partial charge on any atom is 0.251 e. The molecule has 2 aliphatic rings. The second-order valence-corrected chi connectivity index (χ2v) is 9.09. The lowest BCUT2D eigenvalue weighted by Gasteiger charge is -2.28. The number of nitrogens with one attached hydrogen (secondary N) is 2. The highest BCUT2D eigenvalue weighted by Crippen LogP contribution is 2.22. The van der Waals surface area contributed by atoms with Gasteiger partial charge in [0.05, 0.1) is 18.1 Å². The van der Waals surface area contributed by atoms with Crippen molar-refractivity contribution < 1.29 is 17.9 Å². The van der Waals surface area contributed by atoms with Crippen molar-refractivity contribution in [1.29, 1.82) is 0 Å². The minimum absolute atomic E-state index is 0.0258. The highest BCUT2D eigenvalue weighted by molar-refractivity contribution is 7.89. The average molecular weight is 416 g/mol. The van der Waals surface area contributed by atoms with E-state index in [-0.39, 0.29) is 16.8 Å². The number of amides is 1. The third-order valence-corrected chi connectivity index (χ3v) is 6.59. The second-order valence-electron chi connectivity index (χ2n) is 7.37. The molecule has 29 heavy (non-hydrogen) atoms. The molecule has 4 rings (SSSR count). The lowest BCUT2D eigenvalue weighted by Crippen LogP contribution is -2.36. The van der Waals surface area contributed by atoms with Crippen LogP contribution in [-0.4, -0.2) is 46.7 Å². The Morgan fingerprint density at radius 2 is 1.79 bits per heavy atom. The smallest absolute Gasteiger partial charge is 0.251 e. The van der Waals surface area contributed by atoms with Gasteiger partial charge < -0.3 is 15.0 Å². The number of morpholine rings is 1. The summed E-state index contributed by atoms with van der Waals surface area (Å²) in [5.74, 6) is -0.300. The van der Waals surface area contributed by atoms with Crippen LogP contribution in [0.25, 0.3) is 0 Å². The molecule has 1 heterocycles. The van der Waals surface area contributed by atoms with Crippen LogP contribution in [0.2, 0.25) is 0 Å². The number of carbonyl (C=O) groups is 1. The molecule has 154 valence electrons. The monoisotopic (exact) mass is 415 g/mol. The molecule has 0 bridgehead atoms. The van der Waals surface area contributed by atoms with Gasteiger partial charge in [0.2, 0.25) is 10.0 Å². The third kappa shape index (κ3) is 5.14. The maximum atomic E-state index is 12.5. The summed E-state index contributed by atoms with van der Waals surface area (Å²) in [5, 5.41) is 2.86. The summed E-state index contributed by atoms with van der Waals surface area (Å²) in [6.45, 7) is 3.61. The van der Waals surface area contributed by atoms with Gasteiger partial charge in [-0.2, -0.15) is 0 Å². The maximum absolute atomic E-state index is 12.5. The number of ether oxygens (including phenoxy) is 1. The lowest BCUT2D eigenvalue weighted by atomic mass is 10.1. The van der Waals surface area contributed by atoms with Crippen LogP contribution >= 0.6 is 0 Å². The van der Waals surface area contributed by atoms with Crippen LogP contribution in [0.3, 0.4) is 0 Å². The van der Waals surface area contributed by atoms with Crippen molar-refractivity contribution in [2.24, 2.45) is 0 Å². The van der Waals surface area contributed by atoms with E-state index >= 15 is 0 Å². The van der Waals surface area contributed by atoms with E-state index in [1.807, 2.05) is 24.3 Å². The first-order chi connectivity index (χ1) is 14.0. The first-order valence-corrected chi connectivity index (χ1v) is 11.3. The molecule has 2 aromatic carbocycles. The predicted octanol–water partition coefficient (Wildman–Crippen LogP) is 1.89. The molecule has 0 radical (unpaired) electrons. The minimum Gasteiger partial charge on any atom is -0.378 e. The van der Waals surface area contributed by atoms with Gasteiger partial charge in [0.15, 0.2) is 0 Å². The quantitative estimate of drug-likeness (QED) is 0.721. The van der Waals surface area contributed by atoms with E-state index in [1.165, 1.54) is 12.1 Å². The molecule has 8 heteroatoms. The number of nitrogens with zero attached hydrogens (tertiary/aromatic N) is 1. The zero-order valence-corrected chi connectivity index (χ0v) is 17.0. The van der Waals surface area contributed by atoms with Gasteiger partial charge in [-0.05, 0) is 48.7 Å². The van der Waals surface area contributed by atoms with Crippen molar-refractivity contribution in [3.8, 4) is 0 Å². The zero-order chi connectivity index (χ0) is 20.3. The summed E-state index contributed by atoms with van der Waals surface area (Å²) in [6.07, 6.45) is 1.73. The van der Waals surface area contributed by atoms with E-state index in [0.29, 0.717) is 12.1 Å². The third-order valence-electron chi connectivity index (χ3n) is 5.07. The Kier molecular flexibility index (Phi) is 5.84. The van der Waals surface area contributed by atoms with Crippen LogP contribution in [0.5, 0.6) is 0 Å². The van der Waals surface area contributed by atoms with E-state index < -0.39 is 10.0 Å². The molecule has 1 aliphatic carbocycles. The van der Waals surface area contributed by atoms with Gasteiger partial charge in [-0.15, -0.1) is 0 Å². The molecule has 7 nitrogen and oxygen atoms in total. The van der Waals surface area contributed by atoms with Gasteiger partial charge in [0, 0.05) is 36.9 Å². The topological polar surface area (TPSA) is 87.7 Å². The SMILES string of the molecule is O=C(NCc1ccc(N2CCOCC2)cc1)c1cccc(S(=O)(=O)NC2CC2)c1. The molecule has 0 aromatic heterocycles. The van der Waals surface area contributed by atoms with E-state index in [9.17, 15) is 13.2 Å². The largest absolute Gasteiger partial charge is 0.378 e. The van der Waals surface area contributed by atoms with Crippen molar-refractivity contribution in [3.05, 3.63) is 59.7 Å². The summed E-state index contributed by atoms with van der Waals surface area (Å²) >= 11 is 0. The first-order valence-electron chi connectivity index (χ1n) is 9.83. The number of hydrogen-bond acceptors (Lipinski definition) is 5. The Morgan fingerprint density at radius 3 is 2.48 bits per heavy atom. The second kappa shape index (κ2) is 8.52. The summed E-state index contributed by atoms with van der Waals surface area (Å²) in [5.41, 5.74) is 2.45. The normalized spacial score (nSPS) is 17.2. The Hall–Kier alpha value is -2.42. The molecule has 1 aliphatic heterocycles. The van der Waals surface area contributed by atoms with Gasteiger partial charge in [-0.3, -0.25) is 4.79 Å². The van der Waals surface area contributed by atoms with Crippen molar-refractivity contribution >= 4 is 21.6 Å². The highest BCUT2D eigenvalue weighted by Gasteiger charge is 2.28. The molecule has 2 fully saturated rings. The standard InChI is InChI=1S/C21H25N3O4S/c25-21(17-2-1-3-20(14-17)29(26,27)23-18-6-7-18)22-15-16-4-8-19(9-5-16)24-10-12-28-13-11-24/h1-5,8-9,14,18,23H,6-7,10-13,15H2,(H,22,25). The van der Waals surface area contributed by atoms with Crippen LogP contribution < -0.4 is 14.9 Å². The van der Waals surface area contributed by atoms with Crippen LogP contribution in [0.1, 0.15) is 28.8 Å². The van der Waals surface area contributed by atoms with Crippen molar-refractivity contribution in [2.75, 3.05) is 31.2 Å². The molecule has 0 spiro atoms. The van der Waals surface area contributed by atoms with Crippen molar-refractivity contribution in [3.63, 3.8) is 0 Å².